The van der Waals surface area contributed by atoms with Crippen LogP contribution in [0.5, 0.6) is 0 Å². The maximum absolute atomic E-state index is 12.0. The molecule has 0 aliphatic heterocycles. The van der Waals surface area contributed by atoms with E-state index in [0.29, 0.717) is 12.8 Å². The molecule has 110 valence electrons. The minimum atomic E-state index is -1.03. The topological polar surface area (TPSA) is 92.4 Å². The number of carboxylic acid groups (broad SMARTS) is 1. The Bertz CT molecular complexity index is 448. The van der Waals surface area contributed by atoms with Gasteiger partial charge < -0.3 is 16.2 Å². The third-order valence-electron chi connectivity index (χ3n) is 3.41. The van der Waals surface area contributed by atoms with Gasteiger partial charge in [-0.3, -0.25) is 4.79 Å². The quantitative estimate of drug-likeness (QED) is 0.698. The van der Waals surface area contributed by atoms with Crippen molar-refractivity contribution in [1.29, 1.82) is 0 Å². The molecule has 1 amide bonds. The lowest BCUT2D eigenvalue weighted by molar-refractivity contribution is -0.143. The molecule has 0 saturated heterocycles. The summed E-state index contributed by atoms with van der Waals surface area (Å²) in [7, 11) is 0. The van der Waals surface area contributed by atoms with Crippen molar-refractivity contribution in [3.05, 3.63) is 35.9 Å². The van der Waals surface area contributed by atoms with E-state index in [2.05, 4.69) is 5.32 Å². The summed E-state index contributed by atoms with van der Waals surface area (Å²) in [6.45, 7) is 3.68. The first-order valence-corrected chi connectivity index (χ1v) is 6.78. The fourth-order valence-electron chi connectivity index (χ4n) is 1.90. The van der Waals surface area contributed by atoms with Gasteiger partial charge in [0.2, 0.25) is 5.91 Å². The molecule has 1 aromatic rings. The van der Waals surface area contributed by atoms with Crippen LogP contribution in [0.4, 0.5) is 0 Å². The van der Waals surface area contributed by atoms with Gasteiger partial charge in [-0.15, -0.1) is 0 Å². The largest absolute Gasteiger partial charge is 0.480 e. The predicted molar refractivity (Wildman–Crippen MR) is 77.1 cm³/mol. The van der Waals surface area contributed by atoms with Crippen LogP contribution < -0.4 is 11.1 Å². The van der Waals surface area contributed by atoms with Crippen LogP contribution in [-0.4, -0.2) is 29.1 Å². The second kappa shape index (κ2) is 7.65. The molecule has 0 radical (unpaired) electrons. The number of hydrogen-bond acceptors (Lipinski definition) is 3. The molecule has 0 fully saturated rings. The second-order valence-corrected chi connectivity index (χ2v) is 5.01. The Labute approximate surface area is 119 Å². The predicted octanol–water partition coefficient (Wildman–Crippen LogP) is 1.17. The number of benzene rings is 1. The molecular formula is C15H22N2O3. The standard InChI is InChI=1S/C15H22N2O3/c1-3-10(2)13(15(19)20)17-14(18)12(16)9-11-7-5-4-6-8-11/h4-8,10,12-13H,3,9,16H2,1-2H3,(H,17,18)(H,19,20)/t10?,12-,13?/m0/s1. The van der Waals surface area contributed by atoms with Crippen molar-refractivity contribution in [2.75, 3.05) is 0 Å². The maximum Gasteiger partial charge on any atom is 0.326 e. The molecule has 0 aliphatic rings. The van der Waals surface area contributed by atoms with Gasteiger partial charge in [0.25, 0.3) is 0 Å². The monoisotopic (exact) mass is 278 g/mol. The molecule has 0 aliphatic carbocycles. The van der Waals surface area contributed by atoms with Crippen molar-refractivity contribution in [2.45, 2.75) is 38.8 Å². The molecule has 0 saturated carbocycles. The zero-order chi connectivity index (χ0) is 15.1. The van der Waals surface area contributed by atoms with Crippen molar-refractivity contribution in [1.82, 2.24) is 5.32 Å². The fourth-order valence-corrected chi connectivity index (χ4v) is 1.90. The minimum Gasteiger partial charge on any atom is -0.480 e. The van der Waals surface area contributed by atoms with E-state index < -0.39 is 24.0 Å². The first-order valence-electron chi connectivity index (χ1n) is 6.78. The van der Waals surface area contributed by atoms with Crippen LogP contribution in [0.3, 0.4) is 0 Å². The van der Waals surface area contributed by atoms with Crippen LogP contribution >= 0.6 is 0 Å². The number of carboxylic acids is 1. The zero-order valence-corrected chi connectivity index (χ0v) is 11.9. The van der Waals surface area contributed by atoms with Gasteiger partial charge in [-0.05, 0) is 17.9 Å². The van der Waals surface area contributed by atoms with Gasteiger partial charge in [-0.2, -0.15) is 0 Å². The van der Waals surface area contributed by atoms with Gasteiger partial charge >= 0.3 is 5.97 Å². The van der Waals surface area contributed by atoms with E-state index in [9.17, 15) is 9.59 Å². The summed E-state index contributed by atoms with van der Waals surface area (Å²) in [5.41, 5.74) is 6.78. The summed E-state index contributed by atoms with van der Waals surface area (Å²) >= 11 is 0. The normalized spacial score (nSPS) is 15.2. The van der Waals surface area contributed by atoms with Crippen LogP contribution in [-0.2, 0) is 16.0 Å². The van der Waals surface area contributed by atoms with Crippen LogP contribution in [0.25, 0.3) is 0 Å². The fraction of sp³-hybridized carbons (Fsp3) is 0.467. The highest BCUT2D eigenvalue weighted by Crippen LogP contribution is 2.09. The summed E-state index contributed by atoms with van der Waals surface area (Å²) in [5, 5.41) is 11.7. The zero-order valence-electron chi connectivity index (χ0n) is 11.9. The van der Waals surface area contributed by atoms with Gasteiger partial charge in [0.1, 0.15) is 6.04 Å². The maximum atomic E-state index is 12.0. The summed E-state index contributed by atoms with van der Waals surface area (Å²) < 4.78 is 0. The molecule has 4 N–H and O–H groups in total. The highest BCUT2D eigenvalue weighted by atomic mass is 16.4. The number of hydrogen-bond donors (Lipinski definition) is 3. The Kier molecular flexibility index (Phi) is 6.18. The van der Waals surface area contributed by atoms with Gasteiger partial charge in [0.05, 0.1) is 6.04 Å². The molecule has 3 atom stereocenters. The molecule has 1 aromatic carbocycles. The van der Waals surface area contributed by atoms with Crippen molar-refractivity contribution in [3.8, 4) is 0 Å². The van der Waals surface area contributed by atoms with E-state index in [1.807, 2.05) is 37.3 Å². The summed E-state index contributed by atoms with van der Waals surface area (Å²) in [6.07, 6.45) is 1.06. The van der Waals surface area contributed by atoms with Crippen molar-refractivity contribution in [2.24, 2.45) is 11.7 Å². The number of carbonyl (C=O) groups excluding carboxylic acids is 1. The molecular weight excluding hydrogens is 256 g/mol. The van der Waals surface area contributed by atoms with E-state index in [1.165, 1.54) is 0 Å². The number of amides is 1. The molecule has 5 heteroatoms. The van der Waals surface area contributed by atoms with E-state index in [-0.39, 0.29) is 5.92 Å². The third kappa shape index (κ3) is 4.66. The molecule has 0 spiro atoms. The van der Waals surface area contributed by atoms with Crippen molar-refractivity contribution >= 4 is 11.9 Å². The Morgan fingerprint density at radius 2 is 1.90 bits per heavy atom. The van der Waals surface area contributed by atoms with E-state index >= 15 is 0 Å². The van der Waals surface area contributed by atoms with E-state index in [1.54, 1.807) is 6.92 Å². The number of aliphatic carboxylic acids is 1. The number of carbonyl (C=O) groups is 2. The van der Waals surface area contributed by atoms with Gasteiger partial charge in [-0.25, -0.2) is 4.79 Å². The van der Waals surface area contributed by atoms with Crippen LogP contribution in [0, 0.1) is 5.92 Å². The summed E-state index contributed by atoms with van der Waals surface area (Å²) in [6, 6.07) is 7.77. The Morgan fingerprint density at radius 1 is 1.30 bits per heavy atom. The molecule has 1 rings (SSSR count). The number of nitrogens with one attached hydrogen (secondary N) is 1. The van der Waals surface area contributed by atoms with Gasteiger partial charge in [-0.1, -0.05) is 50.6 Å². The highest BCUT2D eigenvalue weighted by molar-refractivity contribution is 5.87. The molecule has 0 bridgehead atoms. The van der Waals surface area contributed by atoms with Crippen molar-refractivity contribution < 1.29 is 14.7 Å². The SMILES string of the molecule is CCC(C)C(NC(=O)[C@@H](N)Cc1ccccc1)C(=O)O. The van der Waals surface area contributed by atoms with Gasteiger partial charge in [0.15, 0.2) is 0 Å². The van der Waals surface area contributed by atoms with Crippen molar-refractivity contribution in [3.63, 3.8) is 0 Å². The Balaban J connectivity index is 2.62. The van der Waals surface area contributed by atoms with Crippen LogP contribution in [0.1, 0.15) is 25.8 Å². The molecule has 2 unspecified atom stereocenters. The van der Waals surface area contributed by atoms with E-state index in [4.69, 9.17) is 10.8 Å². The van der Waals surface area contributed by atoms with E-state index in [0.717, 1.165) is 5.56 Å². The highest BCUT2D eigenvalue weighted by Gasteiger charge is 2.27. The lowest BCUT2D eigenvalue weighted by Crippen LogP contribution is -2.51. The van der Waals surface area contributed by atoms with Gasteiger partial charge in [0, 0.05) is 0 Å². The lowest BCUT2D eigenvalue weighted by atomic mass is 9.98. The first-order chi connectivity index (χ1) is 9.45. The molecule has 0 aromatic heterocycles. The lowest BCUT2D eigenvalue weighted by Gasteiger charge is -2.22. The Hall–Kier alpha value is -1.88. The molecule has 0 heterocycles. The van der Waals surface area contributed by atoms with Crippen LogP contribution in [0.2, 0.25) is 0 Å². The number of nitrogens with two attached hydrogens (primary N) is 1. The minimum absolute atomic E-state index is 0.139. The molecule has 20 heavy (non-hydrogen) atoms. The molecule has 5 nitrogen and oxygen atoms in total. The summed E-state index contributed by atoms with van der Waals surface area (Å²) in [5.74, 6) is -1.60. The van der Waals surface area contributed by atoms with Crippen LogP contribution in [0.15, 0.2) is 30.3 Å². The second-order valence-electron chi connectivity index (χ2n) is 5.01. The number of rotatable bonds is 7. The smallest absolute Gasteiger partial charge is 0.326 e. The average Bonchev–Trinajstić information content (AvgIpc) is 2.44. The summed E-state index contributed by atoms with van der Waals surface area (Å²) in [4.78, 5) is 23.1. The first kappa shape index (κ1) is 16.2. The third-order valence-corrected chi connectivity index (χ3v) is 3.41. The Morgan fingerprint density at radius 3 is 2.40 bits per heavy atom. The average molecular weight is 278 g/mol.